The Labute approximate surface area is 123 Å². The first kappa shape index (κ1) is 17.1. The summed E-state index contributed by atoms with van der Waals surface area (Å²) >= 11 is 0. The SMILES string of the molecule is CCNc1ccc([N+](=O)[O-])c(NCCS(=O)(=O)N(C)C)n1. The van der Waals surface area contributed by atoms with Gasteiger partial charge in [0.15, 0.2) is 0 Å². The summed E-state index contributed by atoms with van der Waals surface area (Å²) in [5.41, 5.74) is -0.195. The second-order valence-electron chi connectivity index (χ2n) is 4.38. The standard InChI is InChI=1S/C11H19N5O4S/c1-4-12-10-6-5-9(16(17)18)11(14-10)13-7-8-21(19,20)15(2)3/h5-6H,4,7-8H2,1-3H3,(H2,12,13,14). The molecule has 9 nitrogen and oxygen atoms in total. The van der Waals surface area contributed by atoms with E-state index in [2.05, 4.69) is 15.6 Å². The number of rotatable bonds is 8. The summed E-state index contributed by atoms with van der Waals surface area (Å²) in [5, 5.41) is 16.6. The van der Waals surface area contributed by atoms with Crippen LogP contribution in [0.2, 0.25) is 0 Å². The molecule has 118 valence electrons. The minimum Gasteiger partial charge on any atom is -0.370 e. The Morgan fingerprint density at radius 1 is 1.33 bits per heavy atom. The third-order valence-electron chi connectivity index (χ3n) is 2.64. The van der Waals surface area contributed by atoms with E-state index in [1.165, 1.54) is 26.2 Å². The van der Waals surface area contributed by atoms with Crippen LogP contribution in [0.3, 0.4) is 0 Å². The first-order valence-electron chi connectivity index (χ1n) is 6.31. The number of aromatic nitrogens is 1. The molecule has 0 saturated heterocycles. The fourth-order valence-corrected chi connectivity index (χ4v) is 2.21. The molecule has 0 atom stereocenters. The highest BCUT2D eigenvalue weighted by Crippen LogP contribution is 2.23. The van der Waals surface area contributed by atoms with Crippen molar-refractivity contribution in [2.24, 2.45) is 0 Å². The van der Waals surface area contributed by atoms with Gasteiger partial charge in [-0.1, -0.05) is 0 Å². The lowest BCUT2D eigenvalue weighted by molar-refractivity contribution is -0.384. The molecule has 21 heavy (non-hydrogen) atoms. The Hall–Kier alpha value is -1.94. The number of hydrogen-bond donors (Lipinski definition) is 2. The van der Waals surface area contributed by atoms with E-state index in [0.717, 1.165) is 4.31 Å². The molecule has 1 aromatic rings. The molecule has 0 aliphatic carbocycles. The van der Waals surface area contributed by atoms with Crippen molar-refractivity contribution in [2.45, 2.75) is 6.92 Å². The number of nitrogens with one attached hydrogen (secondary N) is 2. The van der Waals surface area contributed by atoms with Gasteiger partial charge in [-0.3, -0.25) is 10.1 Å². The van der Waals surface area contributed by atoms with E-state index >= 15 is 0 Å². The molecule has 1 aromatic heterocycles. The van der Waals surface area contributed by atoms with Gasteiger partial charge in [-0.25, -0.2) is 17.7 Å². The fourth-order valence-electron chi connectivity index (χ4n) is 1.49. The third kappa shape index (κ3) is 4.83. The third-order valence-corrected chi connectivity index (χ3v) is 4.47. The van der Waals surface area contributed by atoms with E-state index < -0.39 is 14.9 Å². The highest BCUT2D eigenvalue weighted by Gasteiger charge is 2.18. The van der Waals surface area contributed by atoms with E-state index in [-0.39, 0.29) is 23.8 Å². The van der Waals surface area contributed by atoms with Crippen LogP contribution in [0.5, 0.6) is 0 Å². The van der Waals surface area contributed by atoms with Gasteiger partial charge in [-0.2, -0.15) is 0 Å². The number of anilines is 2. The Morgan fingerprint density at radius 2 is 2.00 bits per heavy atom. The summed E-state index contributed by atoms with van der Waals surface area (Å²) in [5.74, 6) is 0.359. The number of hydrogen-bond acceptors (Lipinski definition) is 7. The second kappa shape index (κ2) is 7.18. The maximum absolute atomic E-state index is 11.6. The molecule has 10 heteroatoms. The predicted molar refractivity (Wildman–Crippen MR) is 81.0 cm³/mol. The first-order valence-corrected chi connectivity index (χ1v) is 7.92. The summed E-state index contributed by atoms with van der Waals surface area (Å²) in [4.78, 5) is 14.4. The normalized spacial score (nSPS) is 11.4. The molecule has 0 radical (unpaired) electrons. The second-order valence-corrected chi connectivity index (χ2v) is 6.68. The van der Waals surface area contributed by atoms with Gasteiger partial charge in [0.25, 0.3) is 0 Å². The van der Waals surface area contributed by atoms with Crippen LogP contribution < -0.4 is 10.6 Å². The molecule has 1 rings (SSSR count). The molecule has 0 spiro atoms. The summed E-state index contributed by atoms with van der Waals surface area (Å²) < 4.78 is 24.4. The molecule has 0 amide bonds. The Balaban J connectivity index is 2.85. The molecule has 0 aromatic carbocycles. The zero-order valence-electron chi connectivity index (χ0n) is 12.2. The highest BCUT2D eigenvalue weighted by atomic mass is 32.2. The lowest BCUT2D eigenvalue weighted by atomic mass is 10.3. The zero-order valence-corrected chi connectivity index (χ0v) is 13.0. The van der Waals surface area contributed by atoms with Crippen molar-refractivity contribution in [3.63, 3.8) is 0 Å². The Morgan fingerprint density at radius 3 is 2.52 bits per heavy atom. The highest BCUT2D eigenvalue weighted by molar-refractivity contribution is 7.89. The quantitative estimate of drug-likeness (QED) is 0.536. The van der Waals surface area contributed by atoms with E-state index in [0.29, 0.717) is 12.4 Å². The summed E-state index contributed by atoms with van der Waals surface area (Å²) in [6.45, 7) is 2.53. The molecule has 0 saturated carbocycles. The van der Waals surface area contributed by atoms with Crippen LogP contribution in [-0.2, 0) is 10.0 Å². The van der Waals surface area contributed by atoms with Crippen molar-refractivity contribution in [3.8, 4) is 0 Å². The zero-order chi connectivity index (χ0) is 16.0. The molecule has 2 N–H and O–H groups in total. The molecule has 0 bridgehead atoms. The van der Waals surface area contributed by atoms with Gasteiger partial charge in [-0.15, -0.1) is 0 Å². The van der Waals surface area contributed by atoms with Crippen molar-refractivity contribution in [1.29, 1.82) is 0 Å². The number of nitro groups is 1. The minimum atomic E-state index is -3.36. The van der Waals surface area contributed by atoms with Gasteiger partial charge in [-0.05, 0) is 13.0 Å². The number of nitrogens with zero attached hydrogens (tertiary/aromatic N) is 3. The van der Waals surface area contributed by atoms with Crippen LogP contribution in [0, 0.1) is 10.1 Å². The first-order chi connectivity index (χ1) is 9.77. The minimum absolute atomic E-state index is 0.0317. The van der Waals surface area contributed by atoms with Gasteiger partial charge in [0.05, 0.1) is 10.7 Å². The molecular weight excluding hydrogens is 298 g/mol. The van der Waals surface area contributed by atoms with E-state index in [4.69, 9.17) is 0 Å². The van der Waals surface area contributed by atoms with Crippen LogP contribution in [0.1, 0.15) is 6.92 Å². The van der Waals surface area contributed by atoms with Crippen molar-refractivity contribution in [2.75, 3.05) is 43.6 Å². The smallest absolute Gasteiger partial charge is 0.311 e. The fraction of sp³-hybridized carbons (Fsp3) is 0.545. The number of pyridine rings is 1. The Bertz CT molecular complexity index is 603. The van der Waals surface area contributed by atoms with Crippen molar-refractivity contribution < 1.29 is 13.3 Å². The van der Waals surface area contributed by atoms with Crippen molar-refractivity contribution in [1.82, 2.24) is 9.29 Å². The number of sulfonamides is 1. The maximum atomic E-state index is 11.6. The van der Waals surface area contributed by atoms with Gasteiger partial charge in [0, 0.05) is 33.3 Å². The monoisotopic (exact) mass is 317 g/mol. The van der Waals surface area contributed by atoms with Crippen LogP contribution in [0.25, 0.3) is 0 Å². The predicted octanol–water partition coefficient (Wildman–Crippen LogP) is 0.725. The molecule has 0 unspecified atom stereocenters. The van der Waals surface area contributed by atoms with Crippen molar-refractivity contribution >= 4 is 27.3 Å². The Kier molecular flexibility index (Phi) is 5.85. The molecule has 0 aliphatic rings. The van der Waals surface area contributed by atoms with Crippen molar-refractivity contribution in [3.05, 3.63) is 22.2 Å². The maximum Gasteiger partial charge on any atom is 0.311 e. The van der Waals surface area contributed by atoms with Gasteiger partial charge < -0.3 is 10.6 Å². The summed E-state index contributed by atoms with van der Waals surface area (Å²) in [6.07, 6.45) is 0. The van der Waals surface area contributed by atoms with E-state index in [1.54, 1.807) is 0 Å². The molecule has 0 fully saturated rings. The average molecular weight is 317 g/mol. The van der Waals surface area contributed by atoms with Crippen LogP contribution >= 0.6 is 0 Å². The van der Waals surface area contributed by atoms with Crippen LogP contribution in [-0.4, -0.2) is 55.6 Å². The summed E-state index contributed by atoms with van der Waals surface area (Å²) in [6, 6.07) is 2.83. The summed E-state index contributed by atoms with van der Waals surface area (Å²) in [7, 11) is -0.499. The lowest BCUT2D eigenvalue weighted by Gasteiger charge is -2.12. The van der Waals surface area contributed by atoms with E-state index in [9.17, 15) is 18.5 Å². The van der Waals surface area contributed by atoms with Gasteiger partial charge in [0.1, 0.15) is 5.82 Å². The molecule has 0 aliphatic heterocycles. The van der Waals surface area contributed by atoms with Gasteiger partial charge in [0.2, 0.25) is 15.8 Å². The average Bonchev–Trinajstić information content (AvgIpc) is 2.38. The topological polar surface area (TPSA) is 117 Å². The largest absolute Gasteiger partial charge is 0.370 e. The van der Waals surface area contributed by atoms with Gasteiger partial charge >= 0.3 is 5.69 Å². The van der Waals surface area contributed by atoms with E-state index in [1.807, 2.05) is 6.92 Å². The molecule has 1 heterocycles. The van der Waals surface area contributed by atoms with Crippen LogP contribution in [0.15, 0.2) is 12.1 Å². The molecular formula is C11H19N5O4S. The van der Waals surface area contributed by atoms with Crippen LogP contribution in [0.4, 0.5) is 17.3 Å². The lowest BCUT2D eigenvalue weighted by Crippen LogP contribution is -2.28.